The minimum atomic E-state index is -4.00. The number of allylic oxidation sites excluding steroid dienone is 1. The summed E-state index contributed by atoms with van der Waals surface area (Å²) in [5, 5.41) is 9.68. The van der Waals surface area contributed by atoms with E-state index >= 15 is 0 Å². The van der Waals surface area contributed by atoms with Gasteiger partial charge in [0.15, 0.2) is 4.91 Å². The zero-order valence-electron chi connectivity index (χ0n) is 13.2. The second-order valence-corrected chi connectivity index (χ2v) is 7.64. The molecule has 0 bridgehead atoms. The van der Waals surface area contributed by atoms with E-state index in [1.165, 1.54) is 54.6 Å². The highest BCUT2D eigenvalue weighted by Crippen LogP contribution is 2.26. The Bertz CT molecular complexity index is 1110. The van der Waals surface area contributed by atoms with Crippen molar-refractivity contribution in [3.63, 3.8) is 0 Å². The molecule has 0 radical (unpaired) electrons. The van der Waals surface area contributed by atoms with Crippen LogP contribution in [0.2, 0.25) is 5.02 Å². The summed E-state index contributed by atoms with van der Waals surface area (Å²) in [4.78, 5) is -0.500. The lowest BCUT2D eigenvalue weighted by Gasteiger charge is -2.02. The molecule has 0 fully saturated rings. The van der Waals surface area contributed by atoms with Gasteiger partial charge in [-0.3, -0.25) is 0 Å². The molecule has 0 unspecified atom stereocenters. The zero-order chi connectivity index (χ0) is 18.7. The second-order valence-electron chi connectivity index (χ2n) is 5.29. The third-order valence-corrected chi connectivity index (χ3v) is 5.49. The third kappa shape index (κ3) is 3.69. The number of hydrogen-bond acceptors (Lipinski definition) is 4. The largest absolute Gasteiger partial charge is 0.457 e. The monoisotopic (exact) mass is 387 g/mol. The number of benzene rings is 2. The van der Waals surface area contributed by atoms with Crippen molar-refractivity contribution < 1.29 is 17.2 Å². The first-order valence-corrected chi connectivity index (χ1v) is 9.24. The van der Waals surface area contributed by atoms with Crippen LogP contribution >= 0.6 is 11.6 Å². The maximum absolute atomic E-state index is 13.0. The van der Waals surface area contributed by atoms with Crippen molar-refractivity contribution in [2.45, 2.75) is 4.90 Å². The molecule has 0 saturated carbocycles. The second kappa shape index (κ2) is 7.16. The van der Waals surface area contributed by atoms with Crippen molar-refractivity contribution >= 4 is 27.5 Å². The molecule has 1 heterocycles. The topological polar surface area (TPSA) is 71.1 Å². The number of sulfone groups is 1. The molecule has 0 N–H and O–H groups in total. The van der Waals surface area contributed by atoms with Gasteiger partial charge in [0.1, 0.15) is 23.4 Å². The van der Waals surface area contributed by atoms with Gasteiger partial charge in [-0.1, -0.05) is 11.6 Å². The highest BCUT2D eigenvalue weighted by Gasteiger charge is 2.21. The van der Waals surface area contributed by atoms with Crippen LogP contribution in [-0.4, -0.2) is 8.42 Å². The highest BCUT2D eigenvalue weighted by molar-refractivity contribution is 7.95. The predicted molar refractivity (Wildman–Crippen MR) is 96.3 cm³/mol. The van der Waals surface area contributed by atoms with Gasteiger partial charge in [0.25, 0.3) is 0 Å². The number of halogens is 2. The Hall–Kier alpha value is -2.88. The van der Waals surface area contributed by atoms with Crippen LogP contribution < -0.4 is 0 Å². The molecule has 26 heavy (non-hydrogen) atoms. The summed E-state index contributed by atoms with van der Waals surface area (Å²) in [6.45, 7) is 0. The van der Waals surface area contributed by atoms with Gasteiger partial charge in [0, 0.05) is 16.7 Å². The number of rotatable bonds is 4. The first kappa shape index (κ1) is 17.9. The summed E-state index contributed by atoms with van der Waals surface area (Å²) in [5.74, 6) is 0.247. The van der Waals surface area contributed by atoms with Crippen molar-refractivity contribution in [2.75, 3.05) is 0 Å². The normalized spacial score (nSPS) is 12.0. The fraction of sp³-hybridized carbons (Fsp3) is 0. The van der Waals surface area contributed by atoms with Crippen LogP contribution in [0.4, 0.5) is 4.39 Å². The minimum Gasteiger partial charge on any atom is -0.457 e. The Morgan fingerprint density at radius 3 is 2.31 bits per heavy atom. The van der Waals surface area contributed by atoms with Crippen molar-refractivity contribution in [3.05, 3.63) is 82.2 Å². The third-order valence-electron chi connectivity index (χ3n) is 3.55. The van der Waals surface area contributed by atoms with Crippen LogP contribution in [0.25, 0.3) is 17.4 Å². The van der Waals surface area contributed by atoms with Gasteiger partial charge < -0.3 is 4.42 Å². The molecule has 0 aliphatic carbocycles. The number of hydrogen-bond donors (Lipinski definition) is 0. The standard InChI is InChI=1S/C19H11ClFNO3S/c20-14-3-8-17(9-4-14)26(23,24)18(12-22)11-16-7-10-19(25-16)13-1-5-15(21)6-2-13/h1-11H/b18-11+. The first-order valence-electron chi connectivity index (χ1n) is 7.38. The maximum Gasteiger partial charge on any atom is 0.216 e. The SMILES string of the molecule is N#C/C(=C\c1ccc(-c2ccc(F)cc2)o1)S(=O)(=O)c1ccc(Cl)cc1. The van der Waals surface area contributed by atoms with Crippen LogP contribution in [0.3, 0.4) is 0 Å². The van der Waals surface area contributed by atoms with Crippen LogP contribution in [0, 0.1) is 17.1 Å². The van der Waals surface area contributed by atoms with Crippen LogP contribution in [0.1, 0.15) is 5.76 Å². The van der Waals surface area contributed by atoms with E-state index in [1.54, 1.807) is 12.1 Å². The van der Waals surface area contributed by atoms with E-state index < -0.39 is 14.7 Å². The van der Waals surface area contributed by atoms with E-state index in [-0.39, 0.29) is 16.5 Å². The van der Waals surface area contributed by atoms with E-state index in [0.29, 0.717) is 16.3 Å². The van der Waals surface area contributed by atoms with Gasteiger partial charge >= 0.3 is 0 Å². The Labute approximate surface area is 154 Å². The number of furan rings is 1. The van der Waals surface area contributed by atoms with Gasteiger partial charge in [0.2, 0.25) is 9.84 Å². The molecular weight excluding hydrogens is 377 g/mol. The van der Waals surface area contributed by atoms with Gasteiger partial charge in [-0.15, -0.1) is 0 Å². The van der Waals surface area contributed by atoms with E-state index in [2.05, 4.69) is 0 Å². The molecule has 0 atom stereocenters. The smallest absolute Gasteiger partial charge is 0.216 e. The van der Waals surface area contributed by atoms with Crippen LogP contribution in [-0.2, 0) is 9.84 Å². The molecule has 0 spiro atoms. The highest BCUT2D eigenvalue weighted by atomic mass is 35.5. The van der Waals surface area contributed by atoms with E-state index in [1.807, 2.05) is 0 Å². The Morgan fingerprint density at radius 1 is 1.04 bits per heavy atom. The summed E-state index contributed by atoms with van der Waals surface area (Å²) in [7, 11) is -4.00. The molecule has 1 aromatic heterocycles. The van der Waals surface area contributed by atoms with Gasteiger partial charge in [-0.25, -0.2) is 12.8 Å². The van der Waals surface area contributed by atoms with E-state index in [4.69, 9.17) is 16.0 Å². The predicted octanol–water partition coefficient (Wildman–Crippen LogP) is 5.08. The lowest BCUT2D eigenvalue weighted by Crippen LogP contribution is -2.03. The zero-order valence-corrected chi connectivity index (χ0v) is 14.8. The molecule has 130 valence electrons. The summed E-state index contributed by atoms with van der Waals surface area (Å²) in [5.41, 5.74) is 0.630. The van der Waals surface area contributed by atoms with Crippen molar-refractivity contribution in [1.29, 1.82) is 5.26 Å². The Morgan fingerprint density at radius 2 is 1.69 bits per heavy atom. The fourth-order valence-electron chi connectivity index (χ4n) is 2.24. The maximum atomic E-state index is 13.0. The van der Waals surface area contributed by atoms with Gasteiger partial charge in [0.05, 0.1) is 4.90 Å². The van der Waals surface area contributed by atoms with E-state index in [9.17, 15) is 18.1 Å². The first-order chi connectivity index (χ1) is 12.4. The number of nitrogens with zero attached hydrogens (tertiary/aromatic N) is 1. The average molecular weight is 388 g/mol. The minimum absolute atomic E-state index is 0.0417. The van der Waals surface area contributed by atoms with Crippen molar-refractivity contribution in [1.82, 2.24) is 0 Å². The molecular formula is C19H11ClFNO3S. The van der Waals surface area contributed by atoms with Crippen molar-refractivity contribution in [3.8, 4) is 17.4 Å². The fourth-order valence-corrected chi connectivity index (χ4v) is 3.51. The Kier molecular flexibility index (Phi) is 4.94. The summed E-state index contributed by atoms with van der Waals surface area (Å²) in [6, 6.07) is 16.0. The summed E-state index contributed by atoms with van der Waals surface area (Å²) >= 11 is 5.76. The Balaban J connectivity index is 1.96. The molecule has 0 saturated heterocycles. The number of nitriles is 1. The lowest BCUT2D eigenvalue weighted by atomic mass is 10.2. The van der Waals surface area contributed by atoms with Gasteiger partial charge in [-0.2, -0.15) is 5.26 Å². The molecule has 0 amide bonds. The molecule has 7 heteroatoms. The molecule has 3 rings (SSSR count). The average Bonchev–Trinajstić information content (AvgIpc) is 3.09. The van der Waals surface area contributed by atoms with Gasteiger partial charge in [-0.05, 0) is 60.7 Å². The van der Waals surface area contributed by atoms with Crippen molar-refractivity contribution in [2.24, 2.45) is 0 Å². The van der Waals surface area contributed by atoms with Crippen LogP contribution in [0.5, 0.6) is 0 Å². The lowest BCUT2D eigenvalue weighted by molar-refractivity contribution is 0.570. The van der Waals surface area contributed by atoms with Crippen LogP contribution in [0.15, 0.2) is 74.9 Å². The molecule has 0 aliphatic heterocycles. The molecule has 3 aromatic rings. The molecule has 0 aliphatic rings. The summed E-state index contributed by atoms with van der Waals surface area (Å²) < 4.78 is 43.7. The quantitative estimate of drug-likeness (QED) is 0.585. The van der Waals surface area contributed by atoms with E-state index in [0.717, 1.165) is 6.08 Å². The molecule has 2 aromatic carbocycles. The summed E-state index contributed by atoms with van der Waals surface area (Å²) in [6.07, 6.45) is 1.15. The molecule has 4 nitrogen and oxygen atoms in total.